The molecule has 84 valence electrons. The molecule has 0 aliphatic rings. The maximum Gasteiger partial charge on any atom is 0.417 e. The SMILES string of the molecule is FC(F)(F)c1ccccc1-c1ncsc1Br. The molecule has 16 heavy (non-hydrogen) atoms. The Morgan fingerprint density at radius 3 is 2.44 bits per heavy atom. The van der Waals surface area contributed by atoms with E-state index in [-0.39, 0.29) is 5.56 Å². The van der Waals surface area contributed by atoms with Crippen molar-refractivity contribution in [2.75, 3.05) is 0 Å². The highest BCUT2D eigenvalue weighted by molar-refractivity contribution is 9.11. The summed E-state index contributed by atoms with van der Waals surface area (Å²) >= 11 is 4.45. The maximum atomic E-state index is 12.7. The summed E-state index contributed by atoms with van der Waals surface area (Å²) < 4.78 is 38.8. The highest BCUT2D eigenvalue weighted by Gasteiger charge is 2.34. The second-order valence-electron chi connectivity index (χ2n) is 3.02. The minimum Gasteiger partial charge on any atom is -0.243 e. The van der Waals surface area contributed by atoms with Gasteiger partial charge in [0, 0.05) is 5.56 Å². The van der Waals surface area contributed by atoms with Crippen LogP contribution in [0.3, 0.4) is 0 Å². The molecule has 1 aromatic heterocycles. The van der Waals surface area contributed by atoms with Crippen LogP contribution in [-0.2, 0) is 6.18 Å². The molecule has 2 aromatic rings. The topological polar surface area (TPSA) is 12.9 Å². The monoisotopic (exact) mass is 307 g/mol. The molecule has 0 N–H and O–H groups in total. The zero-order valence-electron chi connectivity index (χ0n) is 7.75. The summed E-state index contributed by atoms with van der Waals surface area (Å²) in [5.74, 6) is 0. The van der Waals surface area contributed by atoms with Crippen LogP contribution in [0.4, 0.5) is 13.2 Å². The van der Waals surface area contributed by atoms with Gasteiger partial charge >= 0.3 is 6.18 Å². The lowest BCUT2D eigenvalue weighted by Gasteiger charge is -2.11. The Balaban J connectivity index is 2.62. The molecule has 1 aromatic carbocycles. The van der Waals surface area contributed by atoms with Crippen molar-refractivity contribution in [2.45, 2.75) is 6.18 Å². The van der Waals surface area contributed by atoms with Crippen LogP contribution in [0, 0.1) is 0 Å². The van der Waals surface area contributed by atoms with E-state index in [0.29, 0.717) is 9.48 Å². The van der Waals surface area contributed by atoms with Gasteiger partial charge in [-0.25, -0.2) is 4.98 Å². The standard InChI is InChI=1S/C10H5BrF3NS/c11-9-8(15-5-16-9)6-3-1-2-4-7(6)10(12,13)14/h1-5H. The third-order valence-electron chi connectivity index (χ3n) is 2.01. The summed E-state index contributed by atoms with van der Waals surface area (Å²) in [6.45, 7) is 0. The van der Waals surface area contributed by atoms with E-state index in [0.717, 1.165) is 6.07 Å². The molecule has 0 amide bonds. The van der Waals surface area contributed by atoms with Crippen molar-refractivity contribution in [3.05, 3.63) is 39.1 Å². The van der Waals surface area contributed by atoms with Crippen molar-refractivity contribution < 1.29 is 13.2 Å². The smallest absolute Gasteiger partial charge is 0.243 e. The molecule has 0 atom stereocenters. The maximum absolute atomic E-state index is 12.7. The fraction of sp³-hybridized carbons (Fsp3) is 0.100. The molecule has 0 aliphatic heterocycles. The largest absolute Gasteiger partial charge is 0.417 e. The molecule has 6 heteroatoms. The Kier molecular flexibility index (Phi) is 3.03. The Morgan fingerprint density at radius 1 is 1.19 bits per heavy atom. The predicted octanol–water partition coefficient (Wildman–Crippen LogP) is 4.59. The molecule has 0 saturated heterocycles. The van der Waals surface area contributed by atoms with E-state index >= 15 is 0 Å². The van der Waals surface area contributed by atoms with Crippen molar-refractivity contribution in [1.82, 2.24) is 4.98 Å². The molecule has 0 spiro atoms. The molecule has 2 rings (SSSR count). The van der Waals surface area contributed by atoms with Crippen LogP contribution in [-0.4, -0.2) is 4.98 Å². The van der Waals surface area contributed by atoms with Gasteiger partial charge in [0.15, 0.2) is 0 Å². The third kappa shape index (κ3) is 2.12. The Labute approximate surface area is 102 Å². The van der Waals surface area contributed by atoms with Crippen LogP contribution in [0.1, 0.15) is 5.56 Å². The first kappa shape index (κ1) is 11.6. The van der Waals surface area contributed by atoms with E-state index in [1.165, 1.54) is 29.0 Å². The van der Waals surface area contributed by atoms with Crippen LogP contribution in [0.2, 0.25) is 0 Å². The number of benzene rings is 1. The highest BCUT2D eigenvalue weighted by atomic mass is 79.9. The number of nitrogens with zero attached hydrogens (tertiary/aromatic N) is 1. The average molecular weight is 308 g/mol. The summed E-state index contributed by atoms with van der Waals surface area (Å²) in [5, 5.41) is 0. The molecule has 0 saturated carbocycles. The van der Waals surface area contributed by atoms with Gasteiger partial charge in [-0.3, -0.25) is 0 Å². The Morgan fingerprint density at radius 2 is 1.88 bits per heavy atom. The lowest BCUT2D eigenvalue weighted by Crippen LogP contribution is -2.06. The normalized spacial score (nSPS) is 11.8. The van der Waals surface area contributed by atoms with Crippen molar-refractivity contribution in [3.8, 4) is 11.3 Å². The minimum atomic E-state index is -4.36. The molecule has 0 radical (unpaired) electrons. The van der Waals surface area contributed by atoms with Gasteiger partial charge in [0.1, 0.15) is 0 Å². The average Bonchev–Trinajstić information content (AvgIpc) is 2.63. The molecule has 0 unspecified atom stereocenters. The quantitative estimate of drug-likeness (QED) is 0.751. The van der Waals surface area contributed by atoms with Crippen molar-refractivity contribution in [3.63, 3.8) is 0 Å². The summed E-state index contributed by atoms with van der Waals surface area (Å²) in [6.07, 6.45) is -4.36. The zero-order chi connectivity index (χ0) is 11.8. The molecule has 1 heterocycles. The molecule has 0 bridgehead atoms. The Hall–Kier alpha value is -0.880. The van der Waals surface area contributed by atoms with Gasteiger partial charge in [0.05, 0.1) is 20.6 Å². The summed E-state index contributed by atoms with van der Waals surface area (Å²) in [6, 6.07) is 5.41. The number of aromatic nitrogens is 1. The van der Waals surface area contributed by atoms with E-state index in [2.05, 4.69) is 20.9 Å². The first-order valence-corrected chi connectivity index (χ1v) is 5.93. The van der Waals surface area contributed by atoms with Gasteiger partial charge in [-0.2, -0.15) is 13.2 Å². The summed E-state index contributed by atoms with van der Waals surface area (Å²) in [4.78, 5) is 3.93. The lowest BCUT2D eigenvalue weighted by molar-refractivity contribution is -0.137. The minimum absolute atomic E-state index is 0.100. The number of hydrogen-bond acceptors (Lipinski definition) is 2. The second kappa shape index (κ2) is 4.18. The number of halogens is 4. The van der Waals surface area contributed by atoms with E-state index < -0.39 is 11.7 Å². The third-order valence-corrected chi connectivity index (χ3v) is 3.56. The lowest BCUT2D eigenvalue weighted by atomic mass is 10.1. The van der Waals surface area contributed by atoms with Gasteiger partial charge in [-0.15, -0.1) is 11.3 Å². The first-order valence-electron chi connectivity index (χ1n) is 4.25. The van der Waals surface area contributed by atoms with E-state index in [1.54, 1.807) is 6.07 Å². The number of rotatable bonds is 1. The molecule has 1 nitrogen and oxygen atoms in total. The highest BCUT2D eigenvalue weighted by Crippen LogP contribution is 2.39. The molecular weight excluding hydrogens is 303 g/mol. The van der Waals surface area contributed by atoms with E-state index in [4.69, 9.17) is 0 Å². The molecule has 0 fully saturated rings. The van der Waals surface area contributed by atoms with Crippen LogP contribution >= 0.6 is 27.3 Å². The van der Waals surface area contributed by atoms with Gasteiger partial charge in [0.25, 0.3) is 0 Å². The fourth-order valence-electron chi connectivity index (χ4n) is 1.34. The second-order valence-corrected chi connectivity index (χ2v) is 5.19. The van der Waals surface area contributed by atoms with Gasteiger partial charge < -0.3 is 0 Å². The summed E-state index contributed by atoms with van der Waals surface area (Å²) in [7, 11) is 0. The van der Waals surface area contributed by atoms with E-state index in [1.807, 2.05) is 0 Å². The van der Waals surface area contributed by atoms with Crippen LogP contribution < -0.4 is 0 Å². The molecule has 0 aliphatic carbocycles. The van der Waals surface area contributed by atoms with Gasteiger partial charge in [0.2, 0.25) is 0 Å². The first-order chi connectivity index (χ1) is 7.50. The van der Waals surface area contributed by atoms with Gasteiger partial charge in [-0.05, 0) is 22.0 Å². The predicted molar refractivity (Wildman–Crippen MR) is 60.3 cm³/mol. The number of hydrogen-bond donors (Lipinski definition) is 0. The van der Waals surface area contributed by atoms with Crippen molar-refractivity contribution >= 4 is 27.3 Å². The zero-order valence-corrected chi connectivity index (χ0v) is 10.2. The summed E-state index contributed by atoms with van der Waals surface area (Å²) in [5.41, 5.74) is 1.27. The van der Waals surface area contributed by atoms with Crippen LogP contribution in [0.5, 0.6) is 0 Å². The number of alkyl halides is 3. The van der Waals surface area contributed by atoms with E-state index in [9.17, 15) is 13.2 Å². The van der Waals surface area contributed by atoms with Crippen molar-refractivity contribution in [1.29, 1.82) is 0 Å². The Bertz CT molecular complexity index is 507. The van der Waals surface area contributed by atoms with Crippen molar-refractivity contribution in [2.24, 2.45) is 0 Å². The van der Waals surface area contributed by atoms with Crippen LogP contribution in [0.15, 0.2) is 33.6 Å². The number of thiazole rings is 1. The van der Waals surface area contributed by atoms with Gasteiger partial charge in [-0.1, -0.05) is 18.2 Å². The molecular formula is C10H5BrF3NS. The fourth-order valence-corrected chi connectivity index (χ4v) is 2.44. The van der Waals surface area contributed by atoms with Crippen LogP contribution in [0.25, 0.3) is 11.3 Å².